The van der Waals surface area contributed by atoms with Crippen molar-refractivity contribution >= 4 is 27.8 Å². The van der Waals surface area contributed by atoms with Crippen molar-refractivity contribution < 1.29 is 26.8 Å². The molecule has 184 valence electrons. The second-order valence-electron chi connectivity index (χ2n) is 7.50. The van der Waals surface area contributed by atoms with Crippen LogP contribution in [0, 0.1) is 5.82 Å². The highest BCUT2D eigenvalue weighted by atomic mass is 32.2. The van der Waals surface area contributed by atoms with Crippen molar-refractivity contribution in [1.29, 1.82) is 0 Å². The summed E-state index contributed by atoms with van der Waals surface area (Å²) >= 11 is 0. The highest BCUT2D eigenvalue weighted by molar-refractivity contribution is 7.92. The zero-order chi connectivity index (χ0) is 25.5. The van der Waals surface area contributed by atoms with Crippen molar-refractivity contribution in [1.82, 2.24) is 5.43 Å². The van der Waals surface area contributed by atoms with Crippen molar-refractivity contribution in [2.75, 3.05) is 11.3 Å². The molecule has 36 heavy (non-hydrogen) atoms. The summed E-state index contributed by atoms with van der Waals surface area (Å²) in [6, 6.07) is 21.2. The molecule has 4 aromatic rings. The average Bonchev–Trinajstić information content (AvgIpc) is 3.34. The first kappa shape index (κ1) is 24.7. The Morgan fingerprint density at radius 1 is 0.972 bits per heavy atom. The molecule has 0 saturated heterocycles. The van der Waals surface area contributed by atoms with Crippen LogP contribution in [0.1, 0.15) is 23.0 Å². The normalized spacial score (nSPS) is 11.4. The summed E-state index contributed by atoms with van der Waals surface area (Å²) in [5.74, 6) is 0.680. The number of halogens is 1. The van der Waals surface area contributed by atoms with Crippen LogP contribution in [0.4, 0.5) is 10.1 Å². The number of sulfonamides is 1. The minimum absolute atomic E-state index is 0.0858. The molecule has 2 N–H and O–H groups in total. The Labute approximate surface area is 207 Å². The van der Waals surface area contributed by atoms with E-state index < -0.39 is 15.9 Å². The van der Waals surface area contributed by atoms with Gasteiger partial charge < -0.3 is 9.15 Å². The van der Waals surface area contributed by atoms with E-state index in [1.54, 1.807) is 36.4 Å². The maximum absolute atomic E-state index is 13.1. The van der Waals surface area contributed by atoms with Crippen molar-refractivity contribution in [3.63, 3.8) is 0 Å². The Bertz CT molecular complexity index is 1460. The van der Waals surface area contributed by atoms with Crippen LogP contribution < -0.4 is 14.9 Å². The predicted octanol–water partition coefficient (Wildman–Crippen LogP) is 5.05. The minimum atomic E-state index is -3.80. The molecule has 1 aromatic heterocycles. The van der Waals surface area contributed by atoms with E-state index in [9.17, 15) is 17.6 Å². The molecule has 8 nitrogen and oxygen atoms in total. The molecule has 0 spiro atoms. The van der Waals surface area contributed by atoms with E-state index in [2.05, 4.69) is 15.2 Å². The van der Waals surface area contributed by atoms with Gasteiger partial charge in [-0.25, -0.2) is 18.2 Å². The van der Waals surface area contributed by atoms with Gasteiger partial charge in [0, 0.05) is 16.8 Å². The van der Waals surface area contributed by atoms with Gasteiger partial charge in [0.1, 0.15) is 23.1 Å². The van der Waals surface area contributed by atoms with E-state index in [-0.39, 0.29) is 16.3 Å². The number of hydrogen-bond acceptors (Lipinski definition) is 6. The third-order valence-corrected chi connectivity index (χ3v) is 6.35. The third kappa shape index (κ3) is 6.16. The van der Waals surface area contributed by atoms with E-state index >= 15 is 0 Å². The number of ether oxygens (including phenoxy) is 1. The molecule has 1 heterocycles. The Hall–Kier alpha value is -4.44. The van der Waals surface area contributed by atoms with Gasteiger partial charge in [-0.2, -0.15) is 5.10 Å². The molecule has 3 aromatic carbocycles. The number of nitrogens with zero attached hydrogens (tertiary/aromatic N) is 1. The predicted molar refractivity (Wildman–Crippen MR) is 134 cm³/mol. The molecular formula is C26H22FN3O5S. The first-order chi connectivity index (χ1) is 17.3. The van der Waals surface area contributed by atoms with Crippen LogP contribution in [-0.2, 0) is 10.0 Å². The quantitative estimate of drug-likeness (QED) is 0.243. The molecule has 1 amide bonds. The van der Waals surface area contributed by atoms with Gasteiger partial charge in [0.05, 0.1) is 17.7 Å². The van der Waals surface area contributed by atoms with Crippen LogP contribution in [0.2, 0.25) is 0 Å². The number of anilines is 1. The molecule has 0 aliphatic heterocycles. The lowest BCUT2D eigenvalue weighted by Gasteiger charge is -2.09. The number of nitrogens with one attached hydrogen (secondary N) is 2. The Morgan fingerprint density at radius 3 is 2.33 bits per heavy atom. The SMILES string of the molecule is CCOc1ccc(S(=O)(=O)Nc2ccc(C(=O)NN=Cc3ccc(-c4ccc(F)cc4)o3)cc2)cc1. The fourth-order valence-corrected chi connectivity index (χ4v) is 4.25. The summed E-state index contributed by atoms with van der Waals surface area (Å²) < 4.78 is 51.7. The lowest BCUT2D eigenvalue weighted by atomic mass is 10.2. The van der Waals surface area contributed by atoms with E-state index in [0.29, 0.717) is 35.1 Å². The van der Waals surface area contributed by atoms with E-state index in [1.807, 2.05) is 6.92 Å². The molecule has 4 rings (SSSR count). The number of carbonyl (C=O) groups excluding carboxylic acids is 1. The highest BCUT2D eigenvalue weighted by Gasteiger charge is 2.15. The minimum Gasteiger partial charge on any atom is -0.494 e. The molecule has 0 saturated carbocycles. The van der Waals surface area contributed by atoms with Crippen LogP contribution in [-0.4, -0.2) is 27.1 Å². The summed E-state index contributed by atoms with van der Waals surface area (Å²) in [6.45, 7) is 2.32. The fraction of sp³-hybridized carbons (Fsp3) is 0.0769. The Morgan fingerprint density at radius 2 is 1.67 bits per heavy atom. The molecule has 10 heteroatoms. The van der Waals surface area contributed by atoms with Gasteiger partial charge in [-0.15, -0.1) is 0 Å². The molecule has 0 fully saturated rings. The topological polar surface area (TPSA) is 110 Å². The van der Waals surface area contributed by atoms with Crippen LogP contribution in [0.15, 0.2) is 99.3 Å². The molecule has 0 aliphatic rings. The van der Waals surface area contributed by atoms with E-state index in [4.69, 9.17) is 9.15 Å². The molecule has 0 aliphatic carbocycles. The zero-order valence-electron chi connectivity index (χ0n) is 19.1. The molecule has 0 radical (unpaired) electrons. The van der Waals surface area contributed by atoms with Crippen LogP contribution in [0.25, 0.3) is 11.3 Å². The monoisotopic (exact) mass is 507 g/mol. The van der Waals surface area contributed by atoms with Crippen LogP contribution >= 0.6 is 0 Å². The molecule has 0 atom stereocenters. The largest absolute Gasteiger partial charge is 0.494 e. The smallest absolute Gasteiger partial charge is 0.271 e. The number of hydrazone groups is 1. The maximum atomic E-state index is 13.1. The summed E-state index contributed by atoms with van der Waals surface area (Å²) in [4.78, 5) is 12.4. The van der Waals surface area contributed by atoms with Gasteiger partial charge in [0.2, 0.25) is 0 Å². The fourth-order valence-electron chi connectivity index (χ4n) is 3.20. The molecule has 0 bridgehead atoms. The van der Waals surface area contributed by atoms with Crippen molar-refractivity contribution in [3.8, 4) is 17.1 Å². The Kier molecular flexibility index (Phi) is 7.45. The lowest BCUT2D eigenvalue weighted by Crippen LogP contribution is -2.18. The lowest BCUT2D eigenvalue weighted by molar-refractivity contribution is 0.0955. The molecule has 0 unspecified atom stereocenters. The first-order valence-electron chi connectivity index (χ1n) is 10.9. The second kappa shape index (κ2) is 10.9. The zero-order valence-corrected chi connectivity index (χ0v) is 20.0. The summed E-state index contributed by atoms with van der Waals surface area (Å²) in [5, 5.41) is 3.88. The van der Waals surface area contributed by atoms with Crippen molar-refractivity contribution in [3.05, 3.63) is 102 Å². The van der Waals surface area contributed by atoms with Gasteiger partial charge in [-0.3, -0.25) is 9.52 Å². The number of carbonyl (C=O) groups is 1. The number of hydrogen-bond donors (Lipinski definition) is 2. The summed E-state index contributed by atoms with van der Waals surface area (Å²) in [7, 11) is -3.80. The highest BCUT2D eigenvalue weighted by Crippen LogP contribution is 2.22. The standard InChI is InChI=1S/C26H22FN3O5S/c1-2-34-22-11-14-24(15-12-22)36(32,33)30-21-9-5-19(6-10-21)26(31)29-28-17-23-13-16-25(35-23)18-3-7-20(27)8-4-18/h3-17,30H,2H2,1H3,(H,29,31). The van der Waals surface area contributed by atoms with Gasteiger partial charge in [0.25, 0.3) is 15.9 Å². The number of benzene rings is 3. The van der Waals surface area contributed by atoms with E-state index in [0.717, 1.165) is 0 Å². The van der Waals surface area contributed by atoms with E-state index in [1.165, 1.54) is 54.7 Å². The average molecular weight is 508 g/mol. The van der Waals surface area contributed by atoms with Crippen LogP contribution in [0.5, 0.6) is 5.75 Å². The van der Waals surface area contributed by atoms with Gasteiger partial charge >= 0.3 is 0 Å². The molecular weight excluding hydrogens is 485 g/mol. The maximum Gasteiger partial charge on any atom is 0.271 e. The third-order valence-electron chi connectivity index (χ3n) is 4.96. The van der Waals surface area contributed by atoms with Gasteiger partial charge in [-0.05, 0) is 91.9 Å². The second-order valence-corrected chi connectivity index (χ2v) is 9.18. The van der Waals surface area contributed by atoms with Gasteiger partial charge in [0.15, 0.2) is 0 Å². The van der Waals surface area contributed by atoms with Crippen LogP contribution in [0.3, 0.4) is 0 Å². The van der Waals surface area contributed by atoms with Crippen molar-refractivity contribution in [2.45, 2.75) is 11.8 Å². The summed E-state index contributed by atoms with van der Waals surface area (Å²) in [5.41, 5.74) is 3.67. The van der Waals surface area contributed by atoms with Crippen molar-refractivity contribution in [2.24, 2.45) is 5.10 Å². The summed E-state index contributed by atoms with van der Waals surface area (Å²) in [6.07, 6.45) is 1.34. The number of furan rings is 1. The van der Waals surface area contributed by atoms with Gasteiger partial charge in [-0.1, -0.05) is 0 Å². The Balaban J connectivity index is 1.34. The number of amides is 1. The first-order valence-corrected chi connectivity index (χ1v) is 12.4. The number of rotatable bonds is 9.